The zero-order valence-electron chi connectivity index (χ0n) is 13.6. The molecule has 0 bridgehead atoms. The molecule has 0 unspecified atom stereocenters. The van der Waals surface area contributed by atoms with Crippen molar-refractivity contribution in [2.75, 3.05) is 0 Å². The van der Waals surface area contributed by atoms with E-state index >= 15 is 0 Å². The number of oxazole rings is 1. The van der Waals surface area contributed by atoms with Gasteiger partial charge in [0.25, 0.3) is 5.56 Å². The Labute approximate surface area is 147 Å². The number of benzene rings is 2. The van der Waals surface area contributed by atoms with Gasteiger partial charge >= 0.3 is 0 Å². The Kier molecular flexibility index (Phi) is 3.21. The Morgan fingerprint density at radius 1 is 0.923 bits per heavy atom. The van der Waals surface area contributed by atoms with Crippen LogP contribution in [0.1, 0.15) is 5.89 Å². The van der Waals surface area contributed by atoms with Crippen LogP contribution in [0, 0.1) is 0 Å². The van der Waals surface area contributed by atoms with Crippen molar-refractivity contribution in [1.82, 2.24) is 14.5 Å². The number of hydrogen-bond donors (Lipinski definition) is 0. The van der Waals surface area contributed by atoms with E-state index in [-0.39, 0.29) is 17.7 Å². The first-order valence-electron chi connectivity index (χ1n) is 8.16. The Bertz CT molecular complexity index is 1280. The lowest BCUT2D eigenvalue weighted by atomic mass is 10.2. The van der Waals surface area contributed by atoms with E-state index in [1.807, 2.05) is 54.6 Å². The fourth-order valence-corrected chi connectivity index (χ4v) is 2.99. The third-order valence-corrected chi connectivity index (χ3v) is 4.27. The minimum absolute atomic E-state index is 0.186. The summed E-state index contributed by atoms with van der Waals surface area (Å²) in [6.07, 6.45) is 3.15. The first kappa shape index (κ1) is 14.7. The van der Waals surface area contributed by atoms with Crippen LogP contribution in [0.2, 0.25) is 0 Å². The van der Waals surface area contributed by atoms with Crippen LogP contribution in [0.25, 0.3) is 33.4 Å². The molecule has 0 saturated carbocycles. The molecule has 0 atom stereocenters. The van der Waals surface area contributed by atoms with Crippen molar-refractivity contribution in [2.24, 2.45) is 0 Å². The monoisotopic (exact) mass is 343 g/mol. The standard InChI is InChI=1S/C20H13N3O3/c24-20-19-18(14-8-4-5-9-15(14)26-19)22-12-23(20)11-17-21-10-16(25-17)13-6-2-1-3-7-13/h1-10,12H,11H2. The van der Waals surface area contributed by atoms with Crippen LogP contribution in [-0.4, -0.2) is 14.5 Å². The van der Waals surface area contributed by atoms with Crippen LogP contribution in [0.4, 0.5) is 0 Å². The molecule has 0 amide bonds. The lowest BCUT2D eigenvalue weighted by Gasteiger charge is -2.01. The predicted molar refractivity (Wildman–Crippen MR) is 96.8 cm³/mol. The maximum atomic E-state index is 12.7. The number of fused-ring (bicyclic) bond motifs is 3. The van der Waals surface area contributed by atoms with Gasteiger partial charge in [-0.3, -0.25) is 9.36 Å². The van der Waals surface area contributed by atoms with Crippen LogP contribution in [-0.2, 0) is 6.54 Å². The summed E-state index contributed by atoms with van der Waals surface area (Å²) in [6.45, 7) is 0.186. The molecule has 0 aliphatic carbocycles. The van der Waals surface area contributed by atoms with Gasteiger partial charge in [-0.15, -0.1) is 0 Å². The van der Waals surface area contributed by atoms with E-state index in [1.54, 1.807) is 6.20 Å². The zero-order valence-corrected chi connectivity index (χ0v) is 13.6. The molecule has 2 aromatic carbocycles. The summed E-state index contributed by atoms with van der Waals surface area (Å²) < 4.78 is 12.9. The van der Waals surface area contributed by atoms with Crippen LogP contribution in [0.3, 0.4) is 0 Å². The van der Waals surface area contributed by atoms with Crippen molar-refractivity contribution in [3.8, 4) is 11.3 Å². The molecule has 6 heteroatoms. The SMILES string of the molecule is O=c1c2oc3ccccc3c2ncn1Cc1ncc(-c2ccccc2)o1. The maximum absolute atomic E-state index is 12.7. The molecule has 0 N–H and O–H groups in total. The molecule has 0 fully saturated rings. The quantitative estimate of drug-likeness (QED) is 0.497. The predicted octanol–water partition coefficient (Wildman–Crippen LogP) is 3.85. The van der Waals surface area contributed by atoms with Crippen molar-refractivity contribution in [3.05, 3.63) is 83.4 Å². The summed E-state index contributed by atoms with van der Waals surface area (Å²) >= 11 is 0. The third-order valence-electron chi connectivity index (χ3n) is 4.27. The fraction of sp³-hybridized carbons (Fsp3) is 0.0500. The van der Waals surface area contributed by atoms with Crippen molar-refractivity contribution in [2.45, 2.75) is 6.54 Å². The normalized spacial score (nSPS) is 11.4. The van der Waals surface area contributed by atoms with Gasteiger partial charge in [-0.25, -0.2) is 9.97 Å². The highest BCUT2D eigenvalue weighted by Crippen LogP contribution is 2.24. The fourth-order valence-electron chi connectivity index (χ4n) is 2.99. The van der Waals surface area contributed by atoms with Crippen LogP contribution in [0.15, 0.2) is 80.8 Å². The van der Waals surface area contributed by atoms with Crippen LogP contribution in [0.5, 0.6) is 0 Å². The summed E-state index contributed by atoms with van der Waals surface area (Å²) in [6, 6.07) is 17.1. The molecule has 0 spiro atoms. The highest BCUT2D eigenvalue weighted by Gasteiger charge is 2.14. The molecule has 0 aliphatic heterocycles. The van der Waals surface area contributed by atoms with E-state index in [0.717, 1.165) is 10.9 Å². The summed E-state index contributed by atoms with van der Waals surface area (Å²) in [4.78, 5) is 21.4. The highest BCUT2D eigenvalue weighted by molar-refractivity contribution is 6.01. The van der Waals surface area contributed by atoms with E-state index in [0.29, 0.717) is 22.8 Å². The average molecular weight is 343 g/mol. The molecule has 126 valence electrons. The van der Waals surface area contributed by atoms with Gasteiger partial charge < -0.3 is 8.83 Å². The molecular formula is C20H13N3O3. The lowest BCUT2D eigenvalue weighted by Crippen LogP contribution is -2.20. The summed E-state index contributed by atoms with van der Waals surface area (Å²) in [7, 11) is 0. The van der Waals surface area contributed by atoms with E-state index in [9.17, 15) is 4.79 Å². The summed E-state index contributed by atoms with van der Waals surface area (Å²) in [5.41, 5.74) is 2.13. The average Bonchev–Trinajstić information content (AvgIpc) is 3.30. The van der Waals surface area contributed by atoms with Gasteiger partial charge in [0.15, 0.2) is 5.76 Å². The molecule has 0 radical (unpaired) electrons. The Morgan fingerprint density at radius 3 is 2.62 bits per heavy atom. The number of rotatable bonds is 3. The molecule has 5 aromatic rings. The van der Waals surface area contributed by atoms with Crippen molar-refractivity contribution in [1.29, 1.82) is 0 Å². The zero-order chi connectivity index (χ0) is 17.5. The van der Waals surface area contributed by atoms with E-state index < -0.39 is 0 Å². The van der Waals surface area contributed by atoms with Gasteiger partial charge in [0, 0.05) is 10.9 Å². The van der Waals surface area contributed by atoms with E-state index in [2.05, 4.69) is 9.97 Å². The van der Waals surface area contributed by atoms with Crippen molar-refractivity contribution >= 4 is 22.1 Å². The number of aromatic nitrogens is 3. The van der Waals surface area contributed by atoms with Gasteiger partial charge in [-0.05, 0) is 12.1 Å². The highest BCUT2D eigenvalue weighted by atomic mass is 16.4. The van der Waals surface area contributed by atoms with Gasteiger partial charge in [0.1, 0.15) is 17.6 Å². The van der Waals surface area contributed by atoms with Crippen LogP contribution < -0.4 is 5.56 Å². The summed E-state index contributed by atoms with van der Waals surface area (Å²) in [5, 5.41) is 0.828. The van der Waals surface area contributed by atoms with Crippen LogP contribution >= 0.6 is 0 Å². The Balaban J connectivity index is 1.54. The number of para-hydroxylation sites is 1. The molecule has 0 saturated heterocycles. The van der Waals surface area contributed by atoms with Crippen molar-refractivity contribution < 1.29 is 8.83 Å². The topological polar surface area (TPSA) is 74.1 Å². The van der Waals surface area contributed by atoms with Gasteiger partial charge in [0.2, 0.25) is 11.5 Å². The number of furan rings is 1. The second-order valence-electron chi connectivity index (χ2n) is 5.94. The molecule has 0 aliphatic rings. The third kappa shape index (κ3) is 2.31. The maximum Gasteiger partial charge on any atom is 0.297 e. The Hall–Kier alpha value is -3.67. The van der Waals surface area contributed by atoms with Gasteiger partial charge in [0.05, 0.1) is 12.5 Å². The van der Waals surface area contributed by atoms with E-state index in [4.69, 9.17) is 8.83 Å². The van der Waals surface area contributed by atoms with Crippen molar-refractivity contribution in [3.63, 3.8) is 0 Å². The summed E-state index contributed by atoms with van der Waals surface area (Å²) in [5.74, 6) is 1.09. The second-order valence-corrected chi connectivity index (χ2v) is 5.94. The molecular weight excluding hydrogens is 330 g/mol. The number of hydrogen-bond acceptors (Lipinski definition) is 5. The largest absolute Gasteiger partial charge is 0.448 e. The smallest absolute Gasteiger partial charge is 0.297 e. The second kappa shape index (κ2) is 5.70. The Morgan fingerprint density at radius 2 is 1.73 bits per heavy atom. The first-order valence-corrected chi connectivity index (χ1v) is 8.16. The van der Waals surface area contributed by atoms with E-state index in [1.165, 1.54) is 10.9 Å². The molecule has 3 heterocycles. The molecule has 5 rings (SSSR count). The lowest BCUT2D eigenvalue weighted by molar-refractivity contribution is 0.482. The van der Waals surface area contributed by atoms with Gasteiger partial charge in [-0.2, -0.15) is 0 Å². The molecule has 3 aromatic heterocycles. The first-order chi connectivity index (χ1) is 12.8. The molecule has 6 nitrogen and oxygen atoms in total. The van der Waals surface area contributed by atoms with Gasteiger partial charge in [-0.1, -0.05) is 42.5 Å². The number of nitrogens with zero attached hydrogens (tertiary/aromatic N) is 3. The molecule has 26 heavy (non-hydrogen) atoms. The minimum atomic E-state index is -0.259. The minimum Gasteiger partial charge on any atom is -0.448 e.